The van der Waals surface area contributed by atoms with E-state index in [1.165, 1.54) is 6.07 Å². The Hall–Kier alpha value is -1.68. The Balaban J connectivity index is 2.33. The summed E-state index contributed by atoms with van der Waals surface area (Å²) in [4.78, 5) is 12.3. The number of amides is 1. The molecular weight excluding hydrogens is 333 g/mol. The summed E-state index contributed by atoms with van der Waals surface area (Å²) in [5, 5.41) is 2.81. The fourth-order valence-electron chi connectivity index (χ4n) is 2.16. The maximum absolute atomic E-state index is 13.8. The molecule has 0 heterocycles. The van der Waals surface area contributed by atoms with Crippen LogP contribution in [0, 0.1) is 5.82 Å². The van der Waals surface area contributed by atoms with Crippen molar-refractivity contribution < 1.29 is 9.18 Å². The molecule has 2 nitrogen and oxygen atoms in total. The van der Waals surface area contributed by atoms with Crippen molar-refractivity contribution in [2.75, 3.05) is 5.32 Å². The summed E-state index contributed by atoms with van der Waals surface area (Å²) < 4.78 is 14.3. The number of rotatable bonds is 4. The van der Waals surface area contributed by atoms with Gasteiger partial charge in [-0.3, -0.25) is 4.79 Å². The van der Waals surface area contributed by atoms with E-state index in [0.29, 0.717) is 10.4 Å². The van der Waals surface area contributed by atoms with Crippen LogP contribution in [0.3, 0.4) is 0 Å². The summed E-state index contributed by atoms with van der Waals surface area (Å²) in [6, 6.07) is 12.1. The van der Waals surface area contributed by atoms with Crippen LogP contribution >= 0.6 is 15.9 Å². The molecule has 0 saturated carbocycles. The summed E-state index contributed by atoms with van der Waals surface area (Å²) in [5.74, 6) is -0.663. The Bertz CT molecular complexity index is 637. The van der Waals surface area contributed by atoms with E-state index in [1.807, 2.05) is 24.3 Å². The van der Waals surface area contributed by atoms with Crippen molar-refractivity contribution in [1.29, 1.82) is 0 Å². The summed E-state index contributed by atoms with van der Waals surface area (Å²) in [6.07, 6.45) is 0.969. The van der Waals surface area contributed by atoms with Crippen LogP contribution in [0.4, 0.5) is 10.1 Å². The lowest BCUT2D eigenvalue weighted by Gasteiger charge is -2.16. The fraction of sp³-hybridized carbons (Fsp3) is 0.235. The molecule has 2 rings (SSSR count). The van der Waals surface area contributed by atoms with E-state index in [9.17, 15) is 9.18 Å². The topological polar surface area (TPSA) is 29.1 Å². The lowest BCUT2D eigenvalue weighted by Crippen LogP contribution is -2.16. The molecule has 0 aliphatic carbocycles. The van der Waals surface area contributed by atoms with E-state index in [1.54, 1.807) is 12.1 Å². The van der Waals surface area contributed by atoms with Crippen LogP contribution in [0.2, 0.25) is 0 Å². The maximum atomic E-state index is 13.8. The molecule has 21 heavy (non-hydrogen) atoms. The highest BCUT2D eigenvalue weighted by atomic mass is 79.9. The molecule has 0 aliphatic heterocycles. The highest BCUT2D eigenvalue weighted by Gasteiger charge is 2.17. The molecular formula is C17H17BrFNO. The molecule has 110 valence electrons. The van der Waals surface area contributed by atoms with Gasteiger partial charge in [0.15, 0.2) is 0 Å². The molecule has 1 unspecified atom stereocenters. The van der Waals surface area contributed by atoms with Gasteiger partial charge in [-0.1, -0.05) is 38.1 Å². The predicted molar refractivity (Wildman–Crippen MR) is 87.2 cm³/mol. The number of carbonyl (C=O) groups excluding carboxylic acids is 1. The molecule has 2 aromatic carbocycles. The Morgan fingerprint density at radius 2 is 1.95 bits per heavy atom. The average Bonchev–Trinajstić information content (AvgIpc) is 2.47. The lowest BCUT2D eigenvalue weighted by molar-refractivity contribution is 0.102. The quantitative estimate of drug-likeness (QED) is 0.791. The molecule has 4 heteroatoms. The summed E-state index contributed by atoms with van der Waals surface area (Å²) >= 11 is 3.22. The molecule has 2 aromatic rings. The third kappa shape index (κ3) is 3.50. The summed E-state index contributed by atoms with van der Waals surface area (Å²) in [7, 11) is 0. The smallest absolute Gasteiger partial charge is 0.259 e. The van der Waals surface area contributed by atoms with Crippen molar-refractivity contribution in [2.24, 2.45) is 0 Å². The molecule has 0 radical (unpaired) electrons. The number of nitrogens with one attached hydrogen (secondary N) is 1. The lowest BCUT2D eigenvalue weighted by atomic mass is 9.97. The number of para-hydroxylation sites is 1. The van der Waals surface area contributed by atoms with E-state index in [4.69, 9.17) is 0 Å². The number of carbonyl (C=O) groups is 1. The van der Waals surface area contributed by atoms with Crippen LogP contribution < -0.4 is 5.32 Å². The molecule has 0 aromatic heterocycles. The van der Waals surface area contributed by atoms with E-state index in [-0.39, 0.29) is 5.56 Å². The normalized spacial score (nSPS) is 12.0. The first-order valence-electron chi connectivity index (χ1n) is 6.88. The summed E-state index contributed by atoms with van der Waals surface area (Å²) in [6.45, 7) is 4.20. The van der Waals surface area contributed by atoms with Crippen LogP contribution in [0.25, 0.3) is 0 Å². The Morgan fingerprint density at radius 1 is 1.24 bits per heavy atom. The highest BCUT2D eigenvalue weighted by molar-refractivity contribution is 9.10. The Morgan fingerprint density at radius 3 is 2.62 bits per heavy atom. The SMILES string of the molecule is CCC(C)c1ccccc1NC(=O)c1c(F)cccc1Br. The second-order valence-corrected chi connectivity index (χ2v) is 5.80. The van der Waals surface area contributed by atoms with Crippen LogP contribution in [0.15, 0.2) is 46.9 Å². The molecule has 0 spiro atoms. The Kier molecular flexibility index (Phi) is 5.12. The van der Waals surface area contributed by atoms with Gasteiger partial charge in [0.05, 0.1) is 5.56 Å². The van der Waals surface area contributed by atoms with Crippen molar-refractivity contribution in [3.8, 4) is 0 Å². The molecule has 1 N–H and O–H groups in total. The zero-order valence-corrected chi connectivity index (χ0v) is 13.6. The number of hydrogen-bond donors (Lipinski definition) is 1. The molecule has 0 aliphatic rings. The maximum Gasteiger partial charge on any atom is 0.259 e. The average molecular weight is 350 g/mol. The van der Waals surface area contributed by atoms with Gasteiger partial charge in [-0.05, 0) is 52.0 Å². The first-order valence-corrected chi connectivity index (χ1v) is 7.68. The van der Waals surface area contributed by atoms with Gasteiger partial charge in [-0.25, -0.2) is 4.39 Å². The van der Waals surface area contributed by atoms with E-state index in [0.717, 1.165) is 17.7 Å². The molecule has 1 atom stereocenters. The fourth-order valence-corrected chi connectivity index (χ4v) is 2.68. The number of hydrogen-bond acceptors (Lipinski definition) is 1. The highest BCUT2D eigenvalue weighted by Crippen LogP contribution is 2.28. The zero-order chi connectivity index (χ0) is 15.4. The van der Waals surface area contributed by atoms with Crippen molar-refractivity contribution in [2.45, 2.75) is 26.2 Å². The second-order valence-electron chi connectivity index (χ2n) is 4.95. The van der Waals surface area contributed by atoms with Gasteiger partial charge in [-0.15, -0.1) is 0 Å². The van der Waals surface area contributed by atoms with Crippen LogP contribution in [-0.4, -0.2) is 5.91 Å². The second kappa shape index (κ2) is 6.85. The van der Waals surface area contributed by atoms with E-state index in [2.05, 4.69) is 35.1 Å². The standard InChI is InChI=1S/C17H17BrFNO/c1-3-11(2)12-7-4-5-10-15(12)20-17(21)16-13(18)8-6-9-14(16)19/h4-11H,3H2,1-2H3,(H,20,21). The van der Waals surface area contributed by atoms with Crippen LogP contribution in [-0.2, 0) is 0 Å². The minimum absolute atomic E-state index is 0.0245. The largest absolute Gasteiger partial charge is 0.322 e. The van der Waals surface area contributed by atoms with Gasteiger partial charge in [0.1, 0.15) is 5.82 Å². The minimum Gasteiger partial charge on any atom is -0.322 e. The predicted octanol–water partition coefficient (Wildman–Crippen LogP) is 5.35. The zero-order valence-electron chi connectivity index (χ0n) is 12.0. The van der Waals surface area contributed by atoms with Crippen molar-refractivity contribution in [1.82, 2.24) is 0 Å². The number of anilines is 1. The van der Waals surface area contributed by atoms with Gasteiger partial charge in [0.25, 0.3) is 5.91 Å². The summed E-state index contributed by atoms with van der Waals surface area (Å²) in [5.41, 5.74) is 1.81. The number of halogens is 2. The van der Waals surface area contributed by atoms with Gasteiger partial charge in [-0.2, -0.15) is 0 Å². The van der Waals surface area contributed by atoms with Gasteiger partial charge < -0.3 is 5.32 Å². The number of benzene rings is 2. The van der Waals surface area contributed by atoms with Crippen molar-refractivity contribution in [3.05, 3.63) is 63.9 Å². The first-order chi connectivity index (χ1) is 10.0. The van der Waals surface area contributed by atoms with E-state index >= 15 is 0 Å². The van der Waals surface area contributed by atoms with Gasteiger partial charge in [0.2, 0.25) is 0 Å². The van der Waals surface area contributed by atoms with Gasteiger partial charge >= 0.3 is 0 Å². The third-order valence-electron chi connectivity index (χ3n) is 3.54. The third-order valence-corrected chi connectivity index (χ3v) is 4.20. The van der Waals surface area contributed by atoms with Crippen molar-refractivity contribution >= 4 is 27.5 Å². The first kappa shape index (κ1) is 15.7. The molecule has 0 fully saturated rings. The van der Waals surface area contributed by atoms with Crippen molar-refractivity contribution in [3.63, 3.8) is 0 Å². The van der Waals surface area contributed by atoms with Crippen LogP contribution in [0.1, 0.15) is 42.1 Å². The molecule has 0 saturated heterocycles. The van der Waals surface area contributed by atoms with E-state index < -0.39 is 11.7 Å². The monoisotopic (exact) mass is 349 g/mol. The molecule has 0 bridgehead atoms. The van der Waals surface area contributed by atoms with Gasteiger partial charge in [0, 0.05) is 10.2 Å². The molecule has 1 amide bonds. The Labute approximate surface area is 132 Å². The van der Waals surface area contributed by atoms with Crippen LogP contribution in [0.5, 0.6) is 0 Å². The minimum atomic E-state index is -0.539.